The average molecular weight is 379 g/mol. The summed E-state index contributed by atoms with van der Waals surface area (Å²) in [6, 6.07) is 8.03. The monoisotopic (exact) mass is 379 g/mol. The fraction of sp³-hybridized carbons (Fsp3) is 0.176. The number of nitrogens with one attached hydrogen (secondary N) is 1. The highest BCUT2D eigenvalue weighted by molar-refractivity contribution is 14.1. The van der Waals surface area contributed by atoms with Gasteiger partial charge in [-0.25, -0.2) is 0 Å². The molecule has 3 heteroatoms. The second-order valence-corrected chi connectivity index (χ2v) is 5.12. The van der Waals surface area contributed by atoms with E-state index in [1.165, 1.54) is 11.1 Å². The number of halogens is 1. The predicted molar refractivity (Wildman–Crippen MR) is 93.7 cm³/mol. The summed E-state index contributed by atoms with van der Waals surface area (Å²) >= 11 is 2.10. The molecule has 2 rings (SSSR count). The molecule has 1 aromatic rings. The zero-order valence-electron chi connectivity index (χ0n) is 11.5. The van der Waals surface area contributed by atoms with E-state index in [9.17, 15) is 0 Å². The summed E-state index contributed by atoms with van der Waals surface area (Å²) in [5, 5.41) is 0. The summed E-state index contributed by atoms with van der Waals surface area (Å²) < 4.78 is 8.44. The van der Waals surface area contributed by atoms with Crippen LogP contribution >= 0.6 is 22.9 Å². The van der Waals surface area contributed by atoms with E-state index >= 15 is 0 Å². The van der Waals surface area contributed by atoms with Crippen LogP contribution in [0.5, 0.6) is 5.75 Å². The summed E-state index contributed by atoms with van der Waals surface area (Å²) in [7, 11) is 1.70. The van der Waals surface area contributed by atoms with Gasteiger partial charge in [-0.15, -0.1) is 0 Å². The third-order valence-corrected chi connectivity index (χ3v) is 3.69. The van der Waals surface area contributed by atoms with Crippen molar-refractivity contribution in [3.63, 3.8) is 0 Å². The molecule has 0 bridgehead atoms. The molecule has 1 aliphatic carbocycles. The fourth-order valence-electron chi connectivity index (χ4n) is 2.34. The van der Waals surface area contributed by atoms with Crippen molar-refractivity contribution in [1.29, 1.82) is 0 Å². The van der Waals surface area contributed by atoms with Crippen LogP contribution in [0.15, 0.2) is 66.4 Å². The molecule has 0 aromatic heterocycles. The average Bonchev–Trinajstić information content (AvgIpc) is 2.52. The second kappa shape index (κ2) is 7.33. The molecular weight excluding hydrogens is 361 g/mol. The number of hydrogen-bond donors (Lipinski definition) is 1. The first-order chi connectivity index (χ1) is 9.77. The van der Waals surface area contributed by atoms with Gasteiger partial charge in [-0.1, -0.05) is 36.9 Å². The third kappa shape index (κ3) is 3.33. The topological polar surface area (TPSA) is 21.3 Å². The van der Waals surface area contributed by atoms with E-state index in [2.05, 4.69) is 57.3 Å². The highest BCUT2D eigenvalue weighted by Gasteiger charge is 2.14. The molecule has 2 nitrogen and oxygen atoms in total. The van der Waals surface area contributed by atoms with Crippen LogP contribution in [0, 0.1) is 0 Å². The Labute approximate surface area is 134 Å². The van der Waals surface area contributed by atoms with Gasteiger partial charge in [0.15, 0.2) is 0 Å². The van der Waals surface area contributed by atoms with E-state index in [1.807, 2.05) is 24.4 Å². The van der Waals surface area contributed by atoms with E-state index in [-0.39, 0.29) is 0 Å². The Hall–Kier alpha value is -1.49. The Morgan fingerprint density at radius 1 is 1.40 bits per heavy atom. The Morgan fingerprint density at radius 2 is 2.20 bits per heavy atom. The normalized spacial score (nSPS) is 14.7. The van der Waals surface area contributed by atoms with Crippen molar-refractivity contribution in [3.05, 3.63) is 72.0 Å². The fourth-order valence-corrected chi connectivity index (χ4v) is 2.52. The molecule has 1 aliphatic rings. The van der Waals surface area contributed by atoms with Gasteiger partial charge in [0.05, 0.1) is 30.0 Å². The lowest BCUT2D eigenvalue weighted by molar-refractivity contribution is 0.413. The Balaban J connectivity index is 2.42. The second-order valence-electron chi connectivity index (χ2n) is 4.50. The van der Waals surface area contributed by atoms with Crippen molar-refractivity contribution in [2.45, 2.75) is 12.8 Å². The van der Waals surface area contributed by atoms with Crippen LogP contribution in [-0.4, -0.2) is 7.11 Å². The Kier molecular flexibility index (Phi) is 5.47. The Morgan fingerprint density at radius 3 is 2.95 bits per heavy atom. The summed E-state index contributed by atoms with van der Waals surface area (Å²) in [5.74, 6) is 0.870. The Bertz CT molecular complexity index is 584. The number of hydrogen-bond acceptors (Lipinski definition) is 2. The van der Waals surface area contributed by atoms with Crippen LogP contribution in [0.3, 0.4) is 0 Å². The highest BCUT2D eigenvalue weighted by Crippen LogP contribution is 2.35. The van der Waals surface area contributed by atoms with E-state index in [0.29, 0.717) is 0 Å². The van der Waals surface area contributed by atoms with Crippen LogP contribution in [0.4, 0.5) is 0 Å². The lowest BCUT2D eigenvalue weighted by atomic mass is 9.88. The van der Waals surface area contributed by atoms with Crippen LogP contribution in [-0.2, 0) is 0 Å². The summed E-state index contributed by atoms with van der Waals surface area (Å²) in [5.41, 5.74) is 4.59. The van der Waals surface area contributed by atoms with Crippen molar-refractivity contribution in [1.82, 2.24) is 3.53 Å². The maximum absolute atomic E-state index is 5.44. The van der Waals surface area contributed by atoms with Gasteiger partial charge < -0.3 is 8.27 Å². The summed E-state index contributed by atoms with van der Waals surface area (Å²) in [4.78, 5) is 0. The lowest BCUT2D eigenvalue weighted by Gasteiger charge is -2.18. The highest BCUT2D eigenvalue weighted by atomic mass is 127. The molecule has 104 valence electrons. The van der Waals surface area contributed by atoms with Crippen LogP contribution in [0.1, 0.15) is 18.4 Å². The zero-order valence-corrected chi connectivity index (χ0v) is 13.7. The molecule has 0 heterocycles. The van der Waals surface area contributed by atoms with E-state index in [4.69, 9.17) is 4.74 Å². The van der Waals surface area contributed by atoms with Gasteiger partial charge in [-0.05, 0) is 41.7 Å². The summed E-state index contributed by atoms with van der Waals surface area (Å²) in [6.07, 6.45) is 10.4. The van der Waals surface area contributed by atoms with Gasteiger partial charge in [0, 0.05) is 11.8 Å². The lowest BCUT2D eigenvalue weighted by Crippen LogP contribution is -1.99. The number of methoxy groups -OCH3 is 1. The van der Waals surface area contributed by atoms with Gasteiger partial charge in [0.25, 0.3) is 0 Å². The van der Waals surface area contributed by atoms with Crippen molar-refractivity contribution < 1.29 is 4.74 Å². The third-order valence-electron chi connectivity index (χ3n) is 3.33. The maximum atomic E-state index is 5.44. The molecule has 0 amide bonds. The molecule has 1 aromatic carbocycles. The molecule has 0 unspecified atom stereocenters. The van der Waals surface area contributed by atoms with Gasteiger partial charge in [0.2, 0.25) is 0 Å². The van der Waals surface area contributed by atoms with Crippen molar-refractivity contribution in [2.75, 3.05) is 7.11 Å². The molecule has 0 radical (unpaired) electrons. The standard InChI is InChI=1S/C17H18INO/c1-13(16-9-5-6-10-17(16)20-2)15-8-4-3-7-14(15)11-12-19-18/h3,5-7,9-12,19H,1,4,8H2,2H3/b12-11-. The van der Waals surface area contributed by atoms with Crippen molar-refractivity contribution in [3.8, 4) is 5.75 Å². The van der Waals surface area contributed by atoms with Gasteiger partial charge >= 0.3 is 0 Å². The predicted octanol–water partition coefficient (Wildman–Crippen LogP) is 4.81. The van der Waals surface area contributed by atoms with E-state index in [0.717, 1.165) is 29.7 Å². The first-order valence-corrected chi connectivity index (χ1v) is 7.61. The molecule has 0 spiro atoms. The van der Waals surface area contributed by atoms with Gasteiger partial charge in [-0.3, -0.25) is 0 Å². The van der Waals surface area contributed by atoms with Crippen molar-refractivity contribution in [2.24, 2.45) is 0 Å². The molecule has 0 atom stereocenters. The van der Waals surface area contributed by atoms with Crippen LogP contribution in [0.25, 0.3) is 5.57 Å². The molecule has 20 heavy (non-hydrogen) atoms. The SMILES string of the molecule is C=C(C1=C(/C=C\NI)C=CCC1)c1ccccc1OC. The molecule has 0 fully saturated rings. The molecular formula is C17H18INO. The molecule has 1 N–H and O–H groups in total. The van der Waals surface area contributed by atoms with E-state index in [1.54, 1.807) is 7.11 Å². The van der Waals surface area contributed by atoms with Crippen LogP contribution < -0.4 is 8.27 Å². The zero-order chi connectivity index (χ0) is 14.4. The molecule has 0 saturated heterocycles. The minimum Gasteiger partial charge on any atom is -0.496 e. The minimum atomic E-state index is 0.870. The minimum absolute atomic E-state index is 0.870. The largest absolute Gasteiger partial charge is 0.496 e. The first kappa shape index (κ1) is 14.9. The van der Waals surface area contributed by atoms with Gasteiger partial charge in [-0.2, -0.15) is 0 Å². The van der Waals surface area contributed by atoms with E-state index < -0.39 is 0 Å². The summed E-state index contributed by atoms with van der Waals surface area (Å²) in [6.45, 7) is 4.29. The number of benzene rings is 1. The number of ether oxygens (including phenoxy) is 1. The molecule has 0 aliphatic heterocycles. The van der Waals surface area contributed by atoms with Crippen LogP contribution in [0.2, 0.25) is 0 Å². The number of allylic oxidation sites excluding steroid dienone is 6. The maximum Gasteiger partial charge on any atom is 0.126 e. The first-order valence-electron chi connectivity index (χ1n) is 6.53. The number of para-hydroxylation sites is 1. The smallest absolute Gasteiger partial charge is 0.126 e. The number of rotatable bonds is 5. The van der Waals surface area contributed by atoms with Crippen molar-refractivity contribution >= 4 is 28.4 Å². The van der Waals surface area contributed by atoms with Gasteiger partial charge in [0.1, 0.15) is 5.75 Å². The molecule has 0 saturated carbocycles. The quantitative estimate of drug-likeness (QED) is 0.586.